The van der Waals surface area contributed by atoms with Crippen molar-refractivity contribution in [3.8, 4) is 0 Å². The number of thioether (sulfide) groups is 1. The van der Waals surface area contributed by atoms with E-state index < -0.39 is 0 Å². The van der Waals surface area contributed by atoms with Crippen molar-refractivity contribution in [3.63, 3.8) is 0 Å². The van der Waals surface area contributed by atoms with E-state index >= 15 is 0 Å². The highest BCUT2D eigenvalue weighted by atomic mass is 79.9. The molecule has 132 valence electrons. The first-order valence-corrected chi connectivity index (χ1v) is 8.99. The average Bonchev–Trinajstić information content (AvgIpc) is 2.62. The van der Waals surface area contributed by atoms with Crippen LogP contribution in [0.2, 0.25) is 5.02 Å². The van der Waals surface area contributed by atoms with Crippen LogP contribution in [0.15, 0.2) is 53.5 Å². The van der Waals surface area contributed by atoms with Gasteiger partial charge in [-0.05, 0) is 55.0 Å². The fourth-order valence-electron chi connectivity index (χ4n) is 2.37. The zero-order valence-corrected chi connectivity index (χ0v) is 16.6. The van der Waals surface area contributed by atoms with Gasteiger partial charge in [0.1, 0.15) is 5.82 Å². The minimum Gasteiger partial charge on any atom is -0.313 e. The van der Waals surface area contributed by atoms with Gasteiger partial charge in [-0.2, -0.15) is 0 Å². The van der Waals surface area contributed by atoms with E-state index in [9.17, 15) is 9.18 Å². The number of hydrogen-bond acceptors (Lipinski definition) is 4. The fourth-order valence-corrected chi connectivity index (χ4v) is 3.46. The van der Waals surface area contributed by atoms with Gasteiger partial charge in [0.2, 0.25) is 0 Å². The van der Waals surface area contributed by atoms with Gasteiger partial charge in [0.15, 0.2) is 11.0 Å². The molecular formula is C18H17BrClFN2OS. The molecule has 25 heavy (non-hydrogen) atoms. The van der Waals surface area contributed by atoms with Crippen LogP contribution in [0.1, 0.15) is 16.8 Å². The molecule has 1 aliphatic rings. The van der Waals surface area contributed by atoms with E-state index in [1.807, 2.05) is 4.90 Å². The Morgan fingerprint density at radius 3 is 2.44 bits per heavy atom. The van der Waals surface area contributed by atoms with Crippen molar-refractivity contribution < 1.29 is 9.18 Å². The Hall–Kier alpha value is -1.37. The van der Waals surface area contributed by atoms with Crippen molar-refractivity contribution in [1.82, 2.24) is 0 Å². The van der Waals surface area contributed by atoms with Crippen LogP contribution in [0.4, 0.5) is 10.1 Å². The molecule has 0 saturated heterocycles. The standard InChI is InChI=1S/C18H16ClFN2OS.BrH/c19-14-4-2-13(3-5-14)17(23)12-22(18-21-10-1-11-24-18)16-8-6-15(20)7-9-16;/h2-9H,1,10-12H2;1H. The first-order chi connectivity index (χ1) is 11.6. The zero-order chi connectivity index (χ0) is 16.9. The molecule has 3 nitrogen and oxygen atoms in total. The second-order valence-corrected chi connectivity index (χ2v) is 6.86. The van der Waals surface area contributed by atoms with Crippen molar-refractivity contribution >= 4 is 57.0 Å². The van der Waals surface area contributed by atoms with Crippen LogP contribution in [0.25, 0.3) is 0 Å². The molecule has 1 heterocycles. The van der Waals surface area contributed by atoms with Crippen LogP contribution >= 0.6 is 40.3 Å². The van der Waals surface area contributed by atoms with Crippen LogP contribution < -0.4 is 4.90 Å². The number of ketones is 1. The number of aliphatic imine (C=N–C) groups is 1. The number of rotatable bonds is 4. The van der Waals surface area contributed by atoms with Gasteiger partial charge >= 0.3 is 0 Å². The summed E-state index contributed by atoms with van der Waals surface area (Å²) >= 11 is 7.49. The van der Waals surface area contributed by atoms with Gasteiger partial charge in [-0.1, -0.05) is 23.4 Å². The molecule has 0 unspecified atom stereocenters. The highest BCUT2D eigenvalue weighted by molar-refractivity contribution is 8.93. The molecule has 3 rings (SSSR count). The normalized spacial score (nSPS) is 13.6. The van der Waals surface area contributed by atoms with Crippen molar-refractivity contribution in [2.75, 3.05) is 23.7 Å². The molecule has 0 spiro atoms. The van der Waals surface area contributed by atoms with Gasteiger partial charge in [0, 0.05) is 28.6 Å². The summed E-state index contributed by atoms with van der Waals surface area (Å²) in [6.45, 7) is 0.897. The molecule has 0 aliphatic carbocycles. The summed E-state index contributed by atoms with van der Waals surface area (Å²) in [5.74, 6) is 0.622. The summed E-state index contributed by atoms with van der Waals surface area (Å²) in [5.41, 5.74) is 1.35. The van der Waals surface area contributed by atoms with Crippen molar-refractivity contribution in [2.24, 2.45) is 4.99 Å². The molecule has 0 fully saturated rings. The zero-order valence-electron chi connectivity index (χ0n) is 13.3. The quantitative estimate of drug-likeness (QED) is 0.606. The molecule has 7 heteroatoms. The molecular weight excluding hydrogens is 427 g/mol. The fraction of sp³-hybridized carbons (Fsp3) is 0.222. The summed E-state index contributed by atoms with van der Waals surface area (Å²) in [6, 6.07) is 12.9. The lowest BCUT2D eigenvalue weighted by molar-refractivity contribution is 0.100. The molecule has 0 amide bonds. The summed E-state index contributed by atoms with van der Waals surface area (Å²) in [4.78, 5) is 19.0. The monoisotopic (exact) mass is 442 g/mol. The number of nitrogens with zero attached hydrogens (tertiary/aromatic N) is 2. The van der Waals surface area contributed by atoms with E-state index in [4.69, 9.17) is 11.6 Å². The number of carbonyl (C=O) groups excluding carboxylic acids is 1. The van der Waals surface area contributed by atoms with E-state index in [-0.39, 0.29) is 35.1 Å². The number of anilines is 1. The second-order valence-electron chi connectivity index (χ2n) is 5.36. The van der Waals surface area contributed by atoms with Crippen LogP contribution in [0.3, 0.4) is 0 Å². The number of benzene rings is 2. The van der Waals surface area contributed by atoms with Crippen molar-refractivity contribution in [1.29, 1.82) is 0 Å². The lowest BCUT2D eigenvalue weighted by Gasteiger charge is -2.27. The van der Waals surface area contributed by atoms with Crippen molar-refractivity contribution in [2.45, 2.75) is 6.42 Å². The van der Waals surface area contributed by atoms with Crippen LogP contribution in [0, 0.1) is 5.82 Å². The van der Waals surface area contributed by atoms with Gasteiger partial charge in [-0.3, -0.25) is 9.79 Å². The topological polar surface area (TPSA) is 32.7 Å². The van der Waals surface area contributed by atoms with Gasteiger partial charge in [0.05, 0.1) is 6.54 Å². The molecule has 0 radical (unpaired) electrons. The van der Waals surface area contributed by atoms with Gasteiger partial charge in [0.25, 0.3) is 0 Å². The molecule has 0 bridgehead atoms. The maximum Gasteiger partial charge on any atom is 0.182 e. The molecule has 0 N–H and O–H groups in total. The predicted molar refractivity (Wildman–Crippen MR) is 109 cm³/mol. The third-order valence-electron chi connectivity index (χ3n) is 3.62. The molecule has 0 aromatic heterocycles. The lowest BCUT2D eigenvalue weighted by atomic mass is 10.1. The summed E-state index contributed by atoms with van der Waals surface area (Å²) < 4.78 is 13.2. The number of carbonyl (C=O) groups is 1. The van der Waals surface area contributed by atoms with E-state index in [2.05, 4.69) is 4.99 Å². The Labute approximate surface area is 166 Å². The molecule has 2 aromatic rings. The number of Topliss-reactive ketones (excluding diaryl/α,β-unsaturated/α-hetero) is 1. The predicted octanol–water partition coefficient (Wildman–Crippen LogP) is 5.24. The Morgan fingerprint density at radius 2 is 1.84 bits per heavy atom. The number of amidine groups is 1. The highest BCUT2D eigenvalue weighted by Crippen LogP contribution is 2.24. The van der Waals surface area contributed by atoms with Gasteiger partial charge < -0.3 is 4.90 Å². The minimum atomic E-state index is -0.305. The highest BCUT2D eigenvalue weighted by Gasteiger charge is 2.20. The van der Waals surface area contributed by atoms with Crippen LogP contribution in [-0.4, -0.2) is 29.8 Å². The van der Waals surface area contributed by atoms with Crippen LogP contribution in [0.5, 0.6) is 0 Å². The summed E-state index contributed by atoms with van der Waals surface area (Å²) in [5, 5.41) is 1.39. The van der Waals surface area contributed by atoms with E-state index in [0.29, 0.717) is 10.6 Å². The average molecular weight is 444 g/mol. The van der Waals surface area contributed by atoms with E-state index in [1.165, 1.54) is 12.1 Å². The first-order valence-electron chi connectivity index (χ1n) is 7.62. The molecule has 2 aromatic carbocycles. The third-order valence-corrected chi connectivity index (χ3v) is 4.97. The van der Waals surface area contributed by atoms with E-state index in [1.54, 1.807) is 48.2 Å². The Balaban J connectivity index is 0.00000225. The maximum atomic E-state index is 13.2. The number of halogens is 3. The Bertz CT molecular complexity index is 753. The minimum absolute atomic E-state index is 0. The summed E-state index contributed by atoms with van der Waals surface area (Å²) in [6.07, 6.45) is 1.02. The molecule has 0 atom stereocenters. The molecule has 0 saturated carbocycles. The van der Waals surface area contributed by atoms with Crippen LogP contribution in [-0.2, 0) is 0 Å². The Morgan fingerprint density at radius 1 is 1.16 bits per heavy atom. The lowest BCUT2D eigenvalue weighted by Crippen LogP contribution is -2.35. The summed E-state index contributed by atoms with van der Waals surface area (Å²) in [7, 11) is 0. The van der Waals surface area contributed by atoms with Crippen molar-refractivity contribution in [3.05, 3.63) is 64.9 Å². The van der Waals surface area contributed by atoms with Gasteiger partial charge in [-0.15, -0.1) is 17.0 Å². The first kappa shape index (κ1) is 19.9. The van der Waals surface area contributed by atoms with E-state index in [0.717, 1.165) is 29.6 Å². The van der Waals surface area contributed by atoms with Gasteiger partial charge in [-0.25, -0.2) is 4.39 Å². The molecule has 1 aliphatic heterocycles. The largest absolute Gasteiger partial charge is 0.313 e. The smallest absolute Gasteiger partial charge is 0.182 e. The second kappa shape index (κ2) is 9.36. The third kappa shape index (κ3) is 5.30. The number of hydrogen-bond donors (Lipinski definition) is 0. The SMILES string of the molecule is Br.O=C(CN(C1=NCCCS1)c1ccc(F)cc1)c1ccc(Cl)cc1. The maximum absolute atomic E-state index is 13.2. The Kier molecular flexibility index (Phi) is 7.47.